The second kappa shape index (κ2) is 5.02. The highest BCUT2D eigenvalue weighted by molar-refractivity contribution is 6.28. The van der Waals surface area contributed by atoms with Crippen molar-refractivity contribution in [3.8, 4) is 0 Å². The van der Waals surface area contributed by atoms with E-state index in [2.05, 4.69) is 4.99 Å². The fraction of sp³-hybridized carbons (Fsp3) is 0.200. The predicted octanol–water partition coefficient (Wildman–Crippen LogP) is 3.75. The van der Waals surface area contributed by atoms with Crippen molar-refractivity contribution in [3.63, 3.8) is 0 Å². The number of anilines is 1. The van der Waals surface area contributed by atoms with Crippen LogP contribution in [0.1, 0.15) is 22.3 Å². The lowest BCUT2D eigenvalue weighted by atomic mass is 9.87. The van der Waals surface area contributed by atoms with Crippen LogP contribution < -0.4 is 4.90 Å². The van der Waals surface area contributed by atoms with E-state index in [1.54, 1.807) is 19.3 Å². The number of ketones is 1. The molecule has 3 aromatic rings. The van der Waals surface area contributed by atoms with Crippen molar-refractivity contribution < 1.29 is 18.7 Å². The van der Waals surface area contributed by atoms with Gasteiger partial charge in [-0.2, -0.15) is 0 Å². The van der Waals surface area contributed by atoms with Crippen LogP contribution in [-0.2, 0) is 0 Å². The van der Waals surface area contributed by atoms with Gasteiger partial charge in [0.05, 0.1) is 12.0 Å². The number of nitrogens with zero attached hydrogens (tertiary/aromatic N) is 2. The normalized spacial score (nSPS) is 21.7. The van der Waals surface area contributed by atoms with Gasteiger partial charge in [0.25, 0.3) is 0 Å². The number of halogens is 1. The summed E-state index contributed by atoms with van der Waals surface area (Å²) in [4.78, 5) is 19.2. The number of carbonyl (C=O) groups is 1. The molecule has 6 heteroatoms. The van der Waals surface area contributed by atoms with Crippen LogP contribution in [0.2, 0.25) is 0 Å². The van der Waals surface area contributed by atoms with Crippen molar-refractivity contribution >= 4 is 34.0 Å². The first-order valence-corrected chi connectivity index (χ1v) is 8.39. The molecule has 1 unspecified atom stereocenters. The Kier molecular flexibility index (Phi) is 2.95. The van der Waals surface area contributed by atoms with Crippen molar-refractivity contribution in [1.82, 2.24) is 0 Å². The lowest BCUT2D eigenvalue weighted by Crippen LogP contribution is -2.48. The van der Waals surface area contributed by atoms with Gasteiger partial charge in [-0.1, -0.05) is 0 Å². The Bertz CT molecular complexity index is 1120. The summed E-state index contributed by atoms with van der Waals surface area (Å²) < 4.78 is 19.4. The highest BCUT2D eigenvalue weighted by Crippen LogP contribution is 2.40. The van der Waals surface area contributed by atoms with E-state index in [0.717, 1.165) is 16.7 Å². The van der Waals surface area contributed by atoms with Crippen LogP contribution in [0.4, 0.5) is 15.8 Å². The zero-order valence-electron chi connectivity index (χ0n) is 14.0. The van der Waals surface area contributed by atoms with Crippen LogP contribution in [-0.4, -0.2) is 28.9 Å². The fourth-order valence-electron chi connectivity index (χ4n) is 3.72. The summed E-state index contributed by atoms with van der Waals surface area (Å²) in [7, 11) is 0. The van der Waals surface area contributed by atoms with Gasteiger partial charge in [-0.25, -0.2) is 9.38 Å². The number of rotatable bonds is 1. The molecule has 0 bridgehead atoms. The van der Waals surface area contributed by atoms with Crippen molar-refractivity contribution in [2.24, 2.45) is 4.99 Å². The lowest BCUT2D eigenvalue weighted by molar-refractivity contribution is 0.0601. The summed E-state index contributed by atoms with van der Waals surface area (Å²) >= 11 is 0. The molecule has 1 fully saturated rings. The summed E-state index contributed by atoms with van der Waals surface area (Å²) in [5, 5.41) is 12.0. The molecule has 2 aromatic carbocycles. The monoisotopic (exact) mass is 350 g/mol. The first-order valence-electron chi connectivity index (χ1n) is 8.39. The molecule has 0 saturated carbocycles. The average Bonchev–Trinajstić information content (AvgIpc) is 3.22. The average molecular weight is 350 g/mol. The Hall–Kier alpha value is -2.99. The minimum Gasteiger partial charge on any atom is -0.464 e. The van der Waals surface area contributed by atoms with Gasteiger partial charge in [0.15, 0.2) is 5.60 Å². The van der Waals surface area contributed by atoms with Gasteiger partial charge in [-0.15, -0.1) is 0 Å². The first-order chi connectivity index (χ1) is 12.5. The number of Topliss-reactive ketones (excluding diaryl/α,β-unsaturated/α-hetero) is 1. The van der Waals surface area contributed by atoms with E-state index in [4.69, 9.17) is 4.42 Å². The fourth-order valence-corrected chi connectivity index (χ4v) is 3.72. The van der Waals surface area contributed by atoms with E-state index < -0.39 is 17.2 Å². The maximum Gasteiger partial charge on any atom is 0.204 e. The zero-order chi connectivity index (χ0) is 18.1. The van der Waals surface area contributed by atoms with Crippen LogP contribution in [0.5, 0.6) is 0 Å². The molecule has 1 saturated heterocycles. The van der Waals surface area contributed by atoms with Crippen molar-refractivity contribution in [2.75, 3.05) is 11.4 Å². The van der Waals surface area contributed by atoms with Crippen molar-refractivity contribution in [2.45, 2.75) is 18.9 Å². The summed E-state index contributed by atoms with van der Waals surface area (Å²) in [6.07, 6.45) is 1.82. The molecule has 1 N–H and O–H groups in total. The predicted molar refractivity (Wildman–Crippen MR) is 95.7 cm³/mol. The summed E-state index contributed by atoms with van der Waals surface area (Å²) in [6.45, 7) is 2.06. The molecule has 1 aromatic heterocycles. The lowest BCUT2D eigenvalue weighted by Gasteiger charge is -2.29. The number of hydrogen-bond acceptors (Lipinski definition) is 5. The third kappa shape index (κ3) is 1.93. The smallest absolute Gasteiger partial charge is 0.204 e. The molecule has 3 heterocycles. The molecule has 5 rings (SSSR count). The van der Waals surface area contributed by atoms with E-state index in [0.29, 0.717) is 17.8 Å². The van der Waals surface area contributed by atoms with Crippen LogP contribution in [0.15, 0.2) is 52.1 Å². The van der Waals surface area contributed by atoms with Gasteiger partial charge in [-0.05, 0) is 42.8 Å². The maximum absolute atomic E-state index is 13.9. The highest BCUT2D eigenvalue weighted by atomic mass is 19.1. The number of aliphatic hydroxyl groups is 1. The quantitative estimate of drug-likeness (QED) is 0.726. The van der Waals surface area contributed by atoms with E-state index >= 15 is 0 Å². The molecule has 26 heavy (non-hydrogen) atoms. The van der Waals surface area contributed by atoms with E-state index in [1.165, 1.54) is 6.07 Å². The SMILES string of the molecule is Cc1cc2c(cc1F)C(=O)C1(O)CCN(c3ccc4ccoc4c3)C1=N2. The van der Waals surface area contributed by atoms with Gasteiger partial charge >= 0.3 is 0 Å². The number of hydrogen-bond donors (Lipinski definition) is 1. The minimum absolute atomic E-state index is 0.127. The number of benzene rings is 2. The maximum atomic E-state index is 13.9. The van der Waals surface area contributed by atoms with Gasteiger partial charge in [-0.3, -0.25) is 4.79 Å². The number of aryl methyl sites for hydroxylation is 1. The minimum atomic E-state index is -1.73. The van der Waals surface area contributed by atoms with E-state index in [-0.39, 0.29) is 17.8 Å². The largest absolute Gasteiger partial charge is 0.464 e. The topological polar surface area (TPSA) is 66.0 Å². The third-order valence-electron chi connectivity index (χ3n) is 5.20. The second-order valence-electron chi connectivity index (χ2n) is 6.79. The summed E-state index contributed by atoms with van der Waals surface area (Å²) in [5.41, 5.74) is 0.707. The molecule has 5 nitrogen and oxygen atoms in total. The Morgan fingerprint density at radius 2 is 2.12 bits per heavy atom. The number of amidine groups is 1. The van der Waals surface area contributed by atoms with Gasteiger partial charge in [0.2, 0.25) is 5.78 Å². The molecule has 1 atom stereocenters. The van der Waals surface area contributed by atoms with Crippen molar-refractivity contribution in [1.29, 1.82) is 0 Å². The van der Waals surface area contributed by atoms with E-state index in [1.807, 2.05) is 29.2 Å². The Balaban J connectivity index is 1.67. The Morgan fingerprint density at radius 3 is 2.96 bits per heavy atom. The zero-order valence-corrected chi connectivity index (χ0v) is 14.0. The van der Waals surface area contributed by atoms with Gasteiger partial charge in [0.1, 0.15) is 17.2 Å². The summed E-state index contributed by atoms with van der Waals surface area (Å²) in [6, 6.07) is 10.3. The van der Waals surface area contributed by atoms with Gasteiger partial charge < -0.3 is 14.4 Å². The molecule has 0 radical (unpaired) electrons. The Labute approximate surface area is 148 Å². The first kappa shape index (κ1) is 15.3. The van der Waals surface area contributed by atoms with Crippen LogP contribution in [0.3, 0.4) is 0 Å². The second-order valence-corrected chi connectivity index (χ2v) is 6.79. The molecule has 0 aliphatic carbocycles. The van der Waals surface area contributed by atoms with Gasteiger partial charge in [0, 0.05) is 35.7 Å². The van der Waals surface area contributed by atoms with Crippen LogP contribution >= 0.6 is 0 Å². The molecule has 2 aliphatic rings. The van der Waals surface area contributed by atoms with Crippen LogP contribution in [0, 0.1) is 12.7 Å². The van der Waals surface area contributed by atoms with E-state index in [9.17, 15) is 14.3 Å². The number of fused-ring (bicyclic) bond motifs is 3. The number of aliphatic imine (C=N–C) groups is 1. The number of furan rings is 1. The highest BCUT2D eigenvalue weighted by Gasteiger charge is 2.52. The third-order valence-corrected chi connectivity index (χ3v) is 5.20. The standard InChI is InChI=1S/C20H15FN2O3/c1-11-8-16-14(10-15(11)21)18(24)20(25)5-6-23(19(20)22-16)13-3-2-12-4-7-26-17(12)9-13/h2-4,7-10,25H,5-6H2,1H3. The van der Waals surface area contributed by atoms with Crippen LogP contribution in [0.25, 0.3) is 11.0 Å². The molecule has 2 aliphatic heterocycles. The molecular weight excluding hydrogens is 335 g/mol. The molecular formula is C20H15FN2O3. The number of carbonyl (C=O) groups excluding carboxylic acids is 1. The molecule has 0 spiro atoms. The molecule has 0 amide bonds. The summed E-state index contributed by atoms with van der Waals surface area (Å²) in [5.74, 6) is -0.692. The Morgan fingerprint density at radius 1 is 1.27 bits per heavy atom. The van der Waals surface area contributed by atoms with Crippen molar-refractivity contribution in [3.05, 3.63) is 59.6 Å². The molecule has 130 valence electrons.